The van der Waals surface area contributed by atoms with Crippen LogP contribution in [-0.4, -0.2) is 13.3 Å². The Morgan fingerprint density at radius 3 is 1.88 bits per heavy atom. The van der Waals surface area contributed by atoms with Crippen molar-refractivity contribution in [3.8, 4) is 17.2 Å². The van der Waals surface area contributed by atoms with Crippen LogP contribution in [0.4, 0.5) is 5.69 Å². The monoisotopic (exact) mass is 423 g/mol. The zero-order valence-corrected chi connectivity index (χ0v) is 18.0. The van der Waals surface area contributed by atoms with Crippen molar-refractivity contribution in [3.05, 3.63) is 120 Å². The van der Waals surface area contributed by atoms with Gasteiger partial charge in [-0.25, -0.2) is 0 Å². The van der Waals surface area contributed by atoms with Crippen LogP contribution in [-0.2, 0) is 13.2 Å². The van der Waals surface area contributed by atoms with Crippen molar-refractivity contribution in [2.45, 2.75) is 13.2 Å². The molecular formula is C28H25NO3. The molecule has 0 radical (unpaired) electrons. The lowest BCUT2D eigenvalue weighted by Crippen LogP contribution is -2.00. The van der Waals surface area contributed by atoms with E-state index in [9.17, 15) is 0 Å². The van der Waals surface area contributed by atoms with Crippen molar-refractivity contribution < 1.29 is 14.2 Å². The number of methoxy groups -OCH3 is 1. The Labute approximate surface area is 188 Å². The maximum absolute atomic E-state index is 6.15. The Bertz CT molecular complexity index is 1140. The van der Waals surface area contributed by atoms with Crippen LogP contribution in [0.3, 0.4) is 0 Å². The molecule has 0 unspecified atom stereocenters. The van der Waals surface area contributed by atoms with E-state index in [1.807, 2.05) is 109 Å². The van der Waals surface area contributed by atoms with Crippen LogP contribution in [0.15, 0.2) is 108 Å². The average molecular weight is 424 g/mol. The van der Waals surface area contributed by atoms with Crippen molar-refractivity contribution in [3.63, 3.8) is 0 Å². The zero-order chi connectivity index (χ0) is 22.0. The summed E-state index contributed by atoms with van der Waals surface area (Å²) in [6.07, 6.45) is 1.81. The Morgan fingerprint density at radius 2 is 1.25 bits per heavy atom. The molecule has 0 spiro atoms. The lowest BCUT2D eigenvalue weighted by Gasteiger charge is -2.12. The highest BCUT2D eigenvalue weighted by atomic mass is 16.5. The van der Waals surface area contributed by atoms with E-state index in [1.165, 1.54) is 0 Å². The van der Waals surface area contributed by atoms with Crippen molar-refractivity contribution >= 4 is 11.9 Å². The largest absolute Gasteiger partial charge is 0.497 e. The second-order valence-electron chi connectivity index (χ2n) is 7.20. The van der Waals surface area contributed by atoms with Gasteiger partial charge in [0, 0.05) is 17.8 Å². The SMILES string of the molecule is COc1ccc(N=Cc2ccc(OCc3ccccc3)cc2OCc2ccccc2)cc1. The zero-order valence-electron chi connectivity index (χ0n) is 18.0. The van der Waals surface area contributed by atoms with Crippen LogP contribution in [0.2, 0.25) is 0 Å². The summed E-state index contributed by atoms with van der Waals surface area (Å²) in [5, 5.41) is 0. The molecule has 4 aromatic carbocycles. The Balaban J connectivity index is 1.53. The van der Waals surface area contributed by atoms with E-state index in [1.54, 1.807) is 7.11 Å². The van der Waals surface area contributed by atoms with Crippen LogP contribution in [0.1, 0.15) is 16.7 Å². The Morgan fingerprint density at radius 1 is 0.656 bits per heavy atom. The van der Waals surface area contributed by atoms with E-state index in [2.05, 4.69) is 4.99 Å². The fraction of sp³-hybridized carbons (Fsp3) is 0.107. The first-order valence-electron chi connectivity index (χ1n) is 10.5. The predicted molar refractivity (Wildman–Crippen MR) is 128 cm³/mol. The van der Waals surface area contributed by atoms with Gasteiger partial charge in [0.25, 0.3) is 0 Å². The normalized spacial score (nSPS) is 10.8. The molecule has 4 aromatic rings. The van der Waals surface area contributed by atoms with E-state index in [0.29, 0.717) is 13.2 Å². The van der Waals surface area contributed by atoms with Gasteiger partial charge in [-0.1, -0.05) is 60.7 Å². The van der Waals surface area contributed by atoms with Gasteiger partial charge in [0.05, 0.1) is 12.8 Å². The van der Waals surface area contributed by atoms with E-state index in [4.69, 9.17) is 14.2 Å². The lowest BCUT2D eigenvalue weighted by molar-refractivity contribution is 0.289. The molecule has 0 aliphatic carbocycles. The smallest absolute Gasteiger partial charge is 0.132 e. The fourth-order valence-electron chi connectivity index (χ4n) is 3.12. The molecule has 0 aliphatic rings. The van der Waals surface area contributed by atoms with Crippen molar-refractivity contribution in [2.75, 3.05) is 7.11 Å². The highest BCUT2D eigenvalue weighted by molar-refractivity contribution is 5.85. The molecular weight excluding hydrogens is 398 g/mol. The number of nitrogens with zero attached hydrogens (tertiary/aromatic N) is 1. The van der Waals surface area contributed by atoms with Crippen LogP contribution < -0.4 is 14.2 Å². The minimum Gasteiger partial charge on any atom is -0.497 e. The van der Waals surface area contributed by atoms with E-state index >= 15 is 0 Å². The second kappa shape index (κ2) is 10.8. The summed E-state index contributed by atoms with van der Waals surface area (Å²) in [4.78, 5) is 4.59. The summed E-state index contributed by atoms with van der Waals surface area (Å²) in [6.45, 7) is 0.963. The molecule has 0 heterocycles. The van der Waals surface area contributed by atoms with Crippen LogP contribution in [0.5, 0.6) is 17.2 Å². The molecule has 160 valence electrons. The average Bonchev–Trinajstić information content (AvgIpc) is 2.87. The highest BCUT2D eigenvalue weighted by Gasteiger charge is 2.07. The van der Waals surface area contributed by atoms with Crippen LogP contribution in [0, 0.1) is 0 Å². The molecule has 0 bridgehead atoms. The number of aliphatic imine (C=N–C) groups is 1. The summed E-state index contributed by atoms with van der Waals surface area (Å²) in [5.74, 6) is 2.27. The van der Waals surface area contributed by atoms with Crippen molar-refractivity contribution in [2.24, 2.45) is 4.99 Å². The van der Waals surface area contributed by atoms with E-state index in [-0.39, 0.29) is 0 Å². The second-order valence-corrected chi connectivity index (χ2v) is 7.20. The molecule has 0 amide bonds. The highest BCUT2D eigenvalue weighted by Crippen LogP contribution is 2.26. The third-order valence-electron chi connectivity index (χ3n) is 4.90. The molecule has 0 fully saturated rings. The molecule has 0 atom stereocenters. The molecule has 0 saturated heterocycles. The van der Waals surface area contributed by atoms with Crippen LogP contribution >= 0.6 is 0 Å². The molecule has 0 aliphatic heterocycles. The number of hydrogen-bond donors (Lipinski definition) is 0. The van der Waals surface area contributed by atoms with E-state index < -0.39 is 0 Å². The van der Waals surface area contributed by atoms with Crippen molar-refractivity contribution in [1.29, 1.82) is 0 Å². The number of rotatable bonds is 9. The predicted octanol–water partition coefficient (Wildman–Crippen LogP) is 6.60. The van der Waals surface area contributed by atoms with Gasteiger partial charge in [0.1, 0.15) is 30.5 Å². The fourth-order valence-corrected chi connectivity index (χ4v) is 3.12. The van der Waals surface area contributed by atoms with Gasteiger partial charge in [0.15, 0.2) is 0 Å². The van der Waals surface area contributed by atoms with Crippen LogP contribution in [0.25, 0.3) is 0 Å². The standard InChI is InChI=1S/C28H25NO3/c1-30-26-16-13-25(14-17-26)29-19-24-12-15-27(31-20-22-8-4-2-5-9-22)18-28(24)32-21-23-10-6-3-7-11-23/h2-19H,20-21H2,1H3. The van der Waals surface area contributed by atoms with Gasteiger partial charge >= 0.3 is 0 Å². The first kappa shape index (κ1) is 21.2. The topological polar surface area (TPSA) is 40.0 Å². The number of benzene rings is 4. The Kier molecular flexibility index (Phi) is 7.17. The van der Waals surface area contributed by atoms with Gasteiger partial charge in [-0.15, -0.1) is 0 Å². The summed E-state index contributed by atoms with van der Waals surface area (Å²) in [5.41, 5.74) is 3.93. The summed E-state index contributed by atoms with van der Waals surface area (Å²) in [6, 6.07) is 33.6. The molecule has 4 heteroatoms. The maximum atomic E-state index is 6.15. The molecule has 4 nitrogen and oxygen atoms in total. The van der Waals surface area contributed by atoms with Crippen molar-refractivity contribution in [1.82, 2.24) is 0 Å². The summed E-state index contributed by atoms with van der Waals surface area (Å²) < 4.78 is 17.3. The van der Waals surface area contributed by atoms with Gasteiger partial charge in [-0.3, -0.25) is 4.99 Å². The Hall–Kier alpha value is -4.05. The lowest BCUT2D eigenvalue weighted by atomic mass is 10.2. The molecule has 0 saturated carbocycles. The maximum Gasteiger partial charge on any atom is 0.132 e. The van der Waals surface area contributed by atoms with Gasteiger partial charge in [0.2, 0.25) is 0 Å². The quantitative estimate of drug-likeness (QED) is 0.285. The third-order valence-corrected chi connectivity index (χ3v) is 4.90. The van der Waals surface area contributed by atoms with E-state index in [0.717, 1.165) is 39.6 Å². The minimum absolute atomic E-state index is 0.465. The minimum atomic E-state index is 0.465. The first-order chi connectivity index (χ1) is 15.8. The third kappa shape index (κ3) is 5.99. The molecule has 4 rings (SSSR count). The van der Waals surface area contributed by atoms with Gasteiger partial charge in [-0.05, 0) is 47.5 Å². The molecule has 0 aromatic heterocycles. The molecule has 32 heavy (non-hydrogen) atoms. The summed E-state index contributed by atoms with van der Waals surface area (Å²) in [7, 11) is 1.65. The molecule has 0 N–H and O–H groups in total. The van der Waals surface area contributed by atoms with Gasteiger partial charge in [-0.2, -0.15) is 0 Å². The summed E-state index contributed by atoms with van der Waals surface area (Å²) >= 11 is 0. The first-order valence-corrected chi connectivity index (χ1v) is 10.5. The van der Waals surface area contributed by atoms with Gasteiger partial charge < -0.3 is 14.2 Å². The number of ether oxygens (including phenoxy) is 3. The number of hydrogen-bond acceptors (Lipinski definition) is 4.